The normalized spacial score (nSPS) is 12.5. The van der Waals surface area contributed by atoms with Gasteiger partial charge in [-0.15, -0.1) is 0 Å². The van der Waals surface area contributed by atoms with E-state index in [-0.39, 0.29) is 12.2 Å². The van der Waals surface area contributed by atoms with Gasteiger partial charge in [-0.05, 0) is 35.9 Å². The van der Waals surface area contributed by atoms with Crippen molar-refractivity contribution in [3.8, 4) is 11.3 Å². The number of H-pyrrole nitrogens is 1. The lowest BCUT2D eigenvalue weighted by Gasteiger charge is -2.12. The monoisotopic (exact) mass is 297 g/mol. The Morgan fingerprint density at radius 1 is 1.14 bits per heavy atom. The van der Waals surface area contributed by atoms with Crippen molar-refractivity contribution in [1.29, 1.82) is 0 Å². The third-order valence-electron chi connectivity index (χ3n) is 3.67. The molecule has 2 aromatic carbocycles. The van der Waals surface area contributed by atoms with Crippen molar-refractivity contribution in [1.82, 2.24) is 4.98 Å². The van der Waals surface area contributed by atoms with Gasteiger partial charge >= 0.3 is 0 Å². The molecule has 5 N–H and O–H groups in total. The lowest BCUT2D eigenvalue weighted by molar-refractivity contribution is -0.118. The molecule has 0 aliphatic carbocycles. The van der Waals surface area contributed by atoms with Gasteiger partial charge in [-0.25, -0.2) is 4.39 Å². The molecular formula is C17H16FN3O. The molecule has 0 saturated carbocycles. The van der Waals surface area contributed by atoms with Crippen LogP contribution in [-0.4, -0.2) is 10.9 Å². The minimum absolute atomic E-state index is 0.0516. The number of halogens is 1. The average molecular weight is 297 g/mol. The highest BCUT2D eigenvalue weighted by atomic mass is 19.1. The van der Waals surface area contributed by atoms with Gasteiger partial charge in [-0.1, -0.05) is 18.2 Å². The number of para-hydroxylation sites is 1. The van der Waals surface area contributed by atoms with Gasteiger partial charge in [0.2, 0.25) is 5.91 Å². The SMILES string of the molecule is NC(=O)CC(N)c1c(-c2ccc(F)cc2)[nH]c2ccccc12. The van der Waals surface area contributed by atoms with E-state index in [1.54, 1.807) is 12.1 Å². The first-order valence-electron chi connectivity index (χ1n) is 6.96. The van der Waals surface area contributed by atoms with Crippen LogP contribution >= 0.6 is 0 Å². The summed E-state index contributed by atoms with van der Waals surface area (Å²) in [5.41, 5.74) is 14.8. The second-order valence-corrected chi connectivity index (χ2v) is 5.24. The molecule has 1 unspecified atom stereocenters. The molecule has 0 spiro atoms. The van der Waals surface area contributed by atoms with Crippen LogP contribution in [0.5, 0.6) is 0 Å². The Morgan fingerprint density at radius 3 is 2.50 bits per heavy atom. The summed E-state index contributed by atoms with van der Waals surface area (Å²) in [7, 11) is 0. The number of hydrogen-bond acceptors (Lipinski definition) is 2. The number of hydrogen-bond donors (Lipinski definition) is 3. The molecule has 0 aliphatic heterocycles. The number of carbonyl (C=O) groups is 1. The molecule has 0 saturated heterocycles. The summed E-state index contributed by atoms with van der Waals surface area (Å²) >= 11 is 0. The van der Waals surface area contributed by atoms with Gasteiger partial charge in [-0.3, -0.25) is 4.79 Å². The van der Waals surface area contributed by atoms with Crippen molar-refractivity contribution >= 4 is 16.8 Å². The van der Waals surface area contributed by atoms with Crippen molar-refractivity contribution in [2.75, 3.05) is 0 Å². The summed E-state index contributed by atoms with van der Waals surface area (Å²) in [6.45, 7) is 0. The third kappa shape index (κ3) is 2.58. The smallest absolute Gasteiger partial charge is 0.219 e. The molecule has 3 aromatic rings. The highest BCUT2D eigenvalue weighted by Gasteiger charge is 2.20. The molecular weight excluding hydrogens is 281 g/mol. The van der Waals surface area contributed by atoms with Gasteiger partial charge in [0.05, 0.1) is 5.69 Å². The molecule has 22 heavy (non-hydrogen) atoms. The molecule has 0 fully saturated rings. The standard InChI is InChI=1S/C17H16FN3O/c18-11-7-5-10(6-8-11)17-16(13(19)9-15(20)22)12-3-1-2-4-14(12)21-17/h1-8,13,21H,9,19H2,(H2,20,22). The van der Waals surface area contributed by atoms with E-state index in [2.05, 4.69) is 4.98 Å². The summed E-state index contributed by atoms with van der Waals surface area (Å²) in [4.78, 5) is 14.5. The minimum Gasteiger partial charge on any atom is -0.370 e. The largest absolute Gasteiger partial charge is 0.370 e. The molecule has 3 rings (SSSR count). The van der Waals surface area contributed by atoms with Gasteiger partial charge in [0.1, 0.15) is 5.82 Å². The van der Waals surface area contributed by atoms with Crippen LogP contribution in [0, 0.1) is 5.82 Å². The number of amides is 1. The number of primary amides is 1. The van der Waals surface area contributed by atoms with Crippen LogP contribution in [0.25, 0.3) is 22.2 Å². The number of fused-ring (bicyclic) bond motifs is 1. The van der Waals surface area contributed by atoms with Crippen molar-refractivity contribution < 1.29 is 9.18 Å². The van der Waals surface area contributed by atoms with Crippen LogP contribution in [0.15, 0.2) is 48.5 Å². The minimum atomic E-state index is -0.520. The van der Waals surface area contributed by atoms with E-state index in [0.717, 1.165) is 27.7 Å². The van der Waals surface area contributed by atoms with Crippen LogP contribution in [0.2, 0.25) is 0 Å². The number of nitrogens with two attached hydrogens (primary N) is 2. The van der Waals surface area contributed by atoms with Crippen LogP contribution in [0.4, 0.5) is 4.39 Å². The molecule has 4 nitrogen and oxygen atoms in total. The fraction of sp³-hybridized carbons (Fsp3) is 0.118. The van der Waals surface area contributed by atoms with Gasteiger partial charge in [0, 0.05) is 28.9 Å². The number of carbonyl (C=O) groups excluding carboxylic acids is 1. The summed E-state index contributed by atoms with van der Waals surface area (Å²) in [5, 5.41) is 0.940. The maximum absolute atomic E-state index is 13.1. The zero-order chi connectivity index (χ0) is 15.7. The first-order valence-corrected chi connectivity index (χ1v) is 6.96. The molecule has 112 valence electrons. The van der Waals surface area contributed by atoms with E-state index in [1.807, 2.05) is 24.3 Å². The topological polar surface area (TPSA) is 84.9 Å². The third-order valence-corrected chi connectivity index (χ3v) is 3.67. The Hall–Kier alpha value is -2.66. The number of nitrogens with one attached hydrogen (secondary N) is 1. The highest BCUT2D eigenvalue weighted by Crippen LogP contribution is 2.34. The molecule has 0 aliphatic rings. The molecule has 0 radical (unpaired) electrons. The molecule has 0 bridgehead atoms. The summed E-state index contributed by atoms with van der Waals surface area (Å²) < 4.78 is 13.1. The summed E-state index contributed by atoms with van der Waals surface area (Å²) in [6.07, 6.45) is 0.0516. The zero-order valence-corrected chi connectivity index (χ0v) is 11.8. The van der Waals surface area contributed by atoms with E-state index >= 15 is 0 Å². The summed E-state index contributed by atoms with van der Waals surface area (Å²) in [6, 6.07) is 13.3. The zero-order valence-electron chi connectivity index (χ0n) is 11.8. The fourth-order valence-corrected chi connectivity index (χ4v) is 2.71. The van der Waals surface area contributed by atoms with Crippen molar-refractivity contribution in [2.24, 2.45) is 11.5 Å². The van der Waals surface area contributed by atoms with E-state index < -0.39 is 11.9 Å². The van der Waals surface area contributed by atoms with Crippen molar-refractivity contribution in [3.63, 3.8) is 0 Å². The molecule has 1 heterocycles. The van der Waals surface area contributed by atoms with Gasteiger partial charge in [-0.2, -0.15) is 0 Å². The Kier molecular flexibility index (Phi) is 3.65. The van der Waals surface area contributed by atoms with Crippen LogP contribution < -0.4 is 11.5 Å². The maximum Gasteiger partial charge on any atom is 0.219 e. The predicted molar refractivity (Wildman–Crippen MR) is 84.4 cm³/mol. The number of aromatic nitrogens is 1. The van der Waals surface area contributed by atoms with Gasteiger partial charge < -0.3 is 16.5 Å². The van der Waals surface area contributed by atoms with E-state index in [4.69, 9.17) is 11.5 Å². The van der Waals surface area contributed by atoms with Gasteiger partial charge in [0.15, 0.2) is 0 Å². The quantitative estimate of drug-likeness (QED) is 0.691. The second kappa shape index (κ2) is 5.61. The lowest BCUT2D eigenvalue weighted by Crippen LogP contribution is -2.21. The lowest BCUT2D eigenvalue weighted by atomic mass is 9.97. The summed E-state index contributed by atoms with van der Waals surface area (Å²) in [5.74, 6) is -0.759. The molecule has 1 atom stereocenters. The Balaban J connectivity index is 2.20. The molecule has 5 heteroatoms. The van der Waals surface area contributed by atoms with E-state index in [9.17, 15) is 9.18 Å². The Labute approximate surface area is 126 Å². The van der Waals surface area contributed by atoms with Crippen LogP contribution in [0.1, 0.15) is 18.0 Å². The number of aromatic amines is 1. The highest BCUT2D eigenvalue weighted by molar-refractivity contribution is 5.92. The van der Waals surface area contributed by atoms with E-state index in [1.165, 1.54) is 12.1 Å². The average Bonchev–Trinajstić information content (AvgIpc) is 2.86. The second-order valence-electron chi connectivity index (χ2n) is 5.24. The van der Waals surface area contributed by atoms with Crippen LogP contribution in [-0.2, 0) is 4.79 Å². The number of rotatable bonds is 4. The van der Waals surface area contributed by atoms with Crippen molar-refractivity contribution in [3.05, 3.63) is 59.9 Å². The first-order chi connectivity index (χ1) is 10.6. The molecule has 1 amide bonds. The van der Waals surface area contributed by atoms with E-state index in [0.29, 0.717) is 0 Å². The first kappa shape index (κ1) is 14.3. The maximum atomic E-state index is 13.1. The predicted octanol–water partition coefficient (Wildman–Crippen LogP) is 2.85. The number of benzene rings is 2. The van der Waals surface area contributed by atoms with Crippen LogP contribution in [0.3, 0.4) is 0 Å². The Morgan fingerprint density at radius 2 is 1.82 bits per heavy atom. The van der Waals surface area contributed by atoms with Crippen molar-refractivity contribution in [2.45, 2.75) is 12.5 Å². The Bertz CT molecular complexity index is 824. The van der Waals surface area contributed by atoms with Gasteiger partial charge in [0.25, 0.3) is 0 Å². The fourth-order valence-electron chi connectivity index (χ4n) is 2.71. The molecule has 1 aromatic heterocycles.